The van der Waals surface area contributed by atoms with Gasteiger partial charge in [0.1, 0.15) is 0 Å². The Morgan fingerprint density at radius 2 is 1.93 bits per heavy atom. The summed E-state index contributed by atoms with van der Waals surface area (Å²) in [6, 6.07) is 5.05. The number of carbonyl (C=O) groups is 1. The van der Waals surface area contributed by atoms with Crippen LogP contribution in [0.25, 0.3) is 5.73 Å². The molecule has 0 radical (unpaired) electrons. The molecule has 0 aromatic heterocycles. The Balaban J connectivity index is 0.00000169. The van der Waals surface area contributed by atoms with Gasteiger partial charge in [0, 0.05) is 5.56 Å². The zero-order valence-electron chi connectivity index (χ0n) is 7.52. The van der Waals surface area contributed by atoms with Crippen molar-refractivity contribution in [3.05, 3.63) is 35.6 Å². The number of hydrogen-bond acceptors (Lipinski definition) is 3. The van der Waals surface area contributed by atoms with Gasteiger partial charge >= 0.3 is 18.9 Å². The van der Waals surface area contributed by atoms with Gasteiger partial charge in [0.15, 0.2) is 0 Å². The van der Waals surface area contributed by atoms with Crippen molar-refractivity contribution in [2.75, 3.05) is 0 Å². The third kappa shape index (κ3) is 3.16. The Morgan fingerprint density at radius 3 is 2.36 bits per heavy atom. The number of sulfonamides is 1. The summed E-state index contributed by atoms with van der Waals surface area (Å²) in [5.74, 6) is -0.939. The van der Waals surface area contributed by atoms with E-state index in [9.17, 15) is 13.2 Å². The molecule has 14 heavy (non-hydrogen) atoms. The molecule has 0 fully saturated rings. The Labute approximate surface area is 93.7 Å². The summed E-state index contributed by atoms with van der Waals surface area (Å²) in [7, 11) is -3.79. The number of nitrogens with one attached hydrogen (secondary N) is 1. The van der Waals surface area contributed by atoms with Crippen LogP contribution in [0.4, 0.5) is 0 Å². The number of primary sulfonamides is 1. The maximum atomic E-state index is 10.8. The molecule has 0 atom stereocenters. The van der Waals surface area contributed by atoms with E-state index in [0.29, 0.717) is 0 Å². The van der Waals surface area contributed by atoms with Gasteiger partial charge in [0.2, 0.25) is 10.0 Å². The van der Waals surface area contributed by atoms with Crippen LogP contribution >= 0.6 is 0 Å². The Bertz CT molecular complexity index is 444. The van der Waals surface area contributed by atoms with Crippen molar-refractivity contribution in [3.8, 4) is 0 Å². The molecule has 0 aliphatic rings. The SMILES string of the molecule is [Li+].[NH-]C(=O)c1cccc(S(N)(=O)=O)c1. The van der Waals surface area contributed by atoms with E-state index < -0.39 is 15.9 Å². The quantitative estimate of drug-likeness (QED) is 0.542. The average Bonchev–Trinajstić information content (AvgIpc) is 2.03. The first-order valence-electron chi connectivity index (χ1n) is 3.30. The van der Waals surface area contributed by atoms with Crippen LogP contribution in [0, 0.1) is 0 Å². The van der Waals surface area contributed by atoms with E-state index >= 15 is 0 Å². The van der Waals surface area contributed by atoms with Gasteiger partial charge in [-0.25, -0.2) is 13.6 Å². The molecule has 0 heterocycles. The van der Waals surface area contributed by atoms with Crippen molar-refractivity contribution in [3.63, 3.8) is 0 Å². The molecule has 7 heteroatoms. The van der Waals surface area contributed by atoms with Gasteiger partial charge < -0.3 is 10.5 Å². The number of carbonyl (C=O) groups excluding carboxylic acids is 1. The largest absolute Gasteiger partial charge is 1.00 e. The molecule has 1 aromatic carbocycles. The van der Waals surface area contributed by atoms with Crippen molar-refractivity contribution < 1.29 is 32.1 Å². The van der Waals surface area contributed by atoms with Crippen LogP contribution in [-0.2, 0) is 10.0 Å². The molecular formula is C7H7LiN2O3S. The first-order chi connectivity index (χ1) is 5.91. The first-order valence-corrected chi connectivity index (χ1v) is 4.84. The van der Waals surface area contributed by atoms with Gasteiger partial charge in [-0.15, -0.1) is 0 Å². The minimum atomic E-state index is -3.79. The van der Waals surface area contributed by atoms with Crippen molar-refractivity contribution in [2.24, 2.45) is 5.14 Å². The molecule has 0 saturated heterocycles. The van der Waals surface area contributed by atoms with Crippen molar-refractivity contribution in [1.82, 2.24) is 0 Å². The molecule has 0 aliphatic heterocycles. The van der Waals surface area contributed by atoms with Crippen LogP contribution in [0.15, 0.2) is 29.2 Å². The topological polar surface area (TPSA) is 101 Å². The van der Waals surface area contributed by atoms with E-state index in [-0.39, 0.29) is 29.3 Å². The molecular weight excluding hydrogens is 199 g/mol. The number of nitrogens with two attached hydrogens (primary N) is 1. The molecule has 0 aliphatic carbocycles. The summed E-state index contributed by atoms with van der Waals surface area (Å²) < 4.78 is 21.6. The van der Waals surface area contributed by atoms with Gasteiger partial charge in [0.05, 0.1) is 10.8 Å². The fraction of sp³-hybridized carbons (Fsp3) is 0. The monoisotopic (exact) mass is 206 g/mol. The second-order valence-electron chi connectivity index (χ2n) is 2.40. The average molecular weight is 206 g/mol. The Hall–Kier alpha value is -0.803. The second-order valence-corrected chi connectivity index (χ2v) is 3.96. The predicted octanol–water partition coefficient (Wildman–Crippen LogP) is -2.47. The van der Waals surface area contributed by atoms with Gasteiger partial charge in [-0.2, -0.15) is 0 Å². The fourth-order valence-corrected chi connectivity index (χ4v) is 1.37. The van der Waals surface area contributed by atoms with Crippen LogP contribution in [-0.4, -0.2) is 14.3 Å². The molecule has 3 N–H and O–H groups in total. The van der Waals surface area contributed by atoms with E-state index in [1.54, 1.807) is 0 Å². The minimum absolute atomic E-state index is 0. The van der Waals surface area contributed by atoms with Crippen molar-refractivity contribution in [1.29, 1.82) is 0 Å². The molecule has 0 unspecified atom stereocenters. The smallest absolute Gasteiger partial charge is 0.664 e. The van der Waals surface area contributed by atoms with Crippen LogP contribution in [0.2, 0.25) is 0 Å². The van der Waals surface area contributed by atoms with Crippen LogP contribution in [0.5, 0.6) is 0 Å². The van der Waals surface area contributed by atoms with E-state index in [1.807, 2.05) is 0 Å². The van der Waals surface area contributed by atoms with Gasteiger partial charge in [-0.3, -0.25) is 0 Å². The molecule has 70 valence electrons. The van der Waals surface area contributed by atoms with Gasteiger partial charge in [-0.05, 0) is 12.1 Å². The van der Waals surface area contributed by atoms with E-state index in [2.05, 4.69) is 0 Å². The van der Waals surface area contributed by atoms with Crippen molar-refractivity contribution in [2.45, 2.75) is 4.90 Å². The molecule has 1 aromatic rings. The maximum absolute atomic E-state index is 10.8. The van der Waals surface area contributed by atoms with E-state index in [1.165, 1.54) is 18.2 Å². The second kappa shape index (κ2) is 4.62. The first kappa shape index (κ1) is 13.2. The summed E-state index contributed by atoms with van der Waals surface area (Å²) in [4.78, 5) is 10.4. The number of benzene rings is 1. The third-order valence-corrected chi connectivity index (χ3v) is 2.34. The minimum Gasteiger partial charge on any atom is -0.664 e. The standard InChI is InChI=1S/C7H8N2O3S.Li/c8-7(10)5-2-1-3-6(4-5)13(9,11)12;/h1-4H,(H4,8,9,10,11,12);/q;+1/p-1. The van der Waals surface area contributed by atoms with Crippen LogP contribution in [0.1, 0.15) is 10.4 Å². The molecule has 1 rings (SSSR count). The number of rotatable bonds is 2. The predicted molar refractivity (Wildman–Crippen MR) is 46.5 cm³/mol. The Morgan fingerprint density at radius 1 is 1.36 bits per heavy atom. The summed E-state index contributed by atoms with van der Waals surface area (Å²) in [5.41, 5.74) is 6.75. The summed E-state index contributed by atoms with van der Waals surface area (Å²) in [6.45, 7) is 0. The van der Waals surface area contributed by atoms with E-state index in [4.69, 9.17) is 10.9 Å². The zero-order valence-corrected chi connectivity index (χ0v) is 8.34. The summed E-state index contributed by atoms with van der Waals surface area (Å²) in [5, 5.41) is 4.83. The van der Waals surface area contributed by atoms with Gasteiger partial charge in [-0.1, -0.05) is 12.1 Å². The molecule has 0 bridgehead atoms. The summed E-state index contributed by atoms with van der Waals surface area (Å²) >= 11 is 0. The van der Waals surface area contributed by atoms with Crippen LogP contribution < -0.4 is 24.0 Å². The maximum Gasteiger partial charge on any atom is 1.00 e. The molecule has 1 amide bonds. The third-order valence-electron chi connectivity index (χ3n) is 1.42. The normalized spacial score (nSPS) is 10.4. The Kier molecular flexibility index (Phi) is 4.35. The zero-order chi connectivity index (χ0) is 10.1. The number of hydrogen-bond donors (Lipinski definition) is 1. The van der Waals surface area contributed by atoms with Crippen LogP contribution in [0.3, 0.4) is 0 Å². The fourth-order valence-electron chi connectivity index (χ4n) is 0.814. The molecule has 0 spiro atoms. The van der Waals surface area contributed by atoms with Gasteiger partial charge in [0.25, 0.3) is 0 Å². The molecule has 0 saturated carbocycles. The molecule has 5 nitrogen and oxygen atoms in total. The van der Waals surface area contributed by atoms with Crippen molar-refractivity contribution >= 4 is 15.9 Å². The number of amides is 1. The van der Waals surface area contributed by atoms with E-state index in [0.717, 1.165) is 6.07 Å². The summed E-state index contributed by atoms with van der Waals surface area (Å²) in [6.07, 6.45) is 0.